The predicted octanol–water partition coefficient (Wildman–Crippen LogP) is 3.01. The van der Waals surface area contributed by atoms with Crippen LogP contribution in [-0.2, 0) is 9.59 Å². The number of hydrogen-bond acceptors (Lipinski definition) is 2. The third-order valence-corrected chi connectivity index (χ3v) is 2.78. The first kappa shape index (κ1) is 16.7. The SMILES string of the molecule is CC.CCC(C(C)=O)N1C[C@H](C=C(F)F)CC1=O. The number of hydrogen-bond donors (Lipinski definition) is 0. The molecule has 1 aliphatic heterocycles. The number of Topliss-reactive ketones (excluding diaryl/α,β-unsaturated/α-hetero) is 1. The summed E-state index contributed by atoms with van der Waals surface area (Å²) in [5, 5.41) is 0. The van der Waals surface area contributed by atoms with E-state index in [1.54, 1.807) is 6.92 Å². The van der Waals surface area contributed by atoms with Crippen LogP contribution in [0.15, 0.2) is 12.2 Å². The lowest BCUT2D eigenvalue weighted by atomic mass is 10.1. The first-order valence-corrected chi connectivity index (χ1v) is 6.28. The van der Waals surface area contributed by atoms with Crippen LogP contribution in [0.1, 0.15) is 40.5 Å². The van der Waals surface area contributed by atoms with Gasteiger partial charge in [0.1, 0.15) is 0 Å². The monoisotopic (exact) mass is 261 g/mol. The Bertz CT molecular complexity index is 325. The van der Waals surface area contributed by atoms with Crippen molar-refractivity contribution in [2.45, 2.75) is 46.6 Å². The first-order chi connectivity index (χ1) is 8.45. The zero-order valence-corrected chi connectivity index (χ0v) is 11.4. The second kappa shape index (κ2) is 7.95. The number of nitrogens with zero attached hydrogens (tertiary/aromatic N) is 1. The highest BCUT2D eigenvalue weighted by Crippen LogP contribution is 2.24. The molecule has 0 N–H and O–H groups in total. The number of carbonyl (C=O) groups excluding carboxylic acids is 2. The summed E-state index contributed by atoms with van der Waals surface area (Å²) in [5.41, 5.74) is 0. The smallest absolute Gasteiger partial charge is 0.266 e. The highest BCUT2D eigenvalue weighted by molar-refractivity contribution is 5.88. The van der Waals surface area contributed by atoms with Crippen molar-refractivity contribution in [1.82, 2.24) is 4.90 Å². The standard InChI is InChI=1S/C11H15F2NO2.C2H6/c1-3-9(7(2)15)14-6-8(4-10(12)13)5-11(14)16;1-2/h4,8-9H,3,5-6H2,1-2H3;1-2H3/t8-,9?;/m1./s1. The van der Waals surface area contributed by atoms with Gasteiger partial charge in [0, 0.05) is 18.9 Å². The van der Waals surface area contributed by atoms with Gasteiger partial charge in [0.05, 0.1) is 6.04 Å². The third-order valence-electron chi connectivity index (χ3n) is 2.78. The lowest BCUT2D eigenvalue weighted by molar-refractivity contribution is -0.135. The summed E-state index contributed by atoms with van der Waals surface area (Å²) in [6, 6.07) is -0.464. The van der Waals surface area contributed by atoms with Gasteiger partial charge in [-0.15, -0.1) is 0 Å². The molecular formula is C13H21F2NO2. The summed E-state index contributed by atoms with van der Waals surface area (Å²) in [5.74, 6) is -0.781. The Labute approximate surface area is 107 Å². The topological polar surface area (TPSA) is 37.4 Å². The van der Waals surface area contributed by atoms with E-state index in [0.717, 1.165) is 6.08 Å². The Hall–Kier alpha value is -1.26. The molecule has 0 aliphatic carbocycles. The zero-order chi connectivity index (χ0) is 14.3. The van der Waals surface area contributed by atoms with Gasteiger partial charge in [-0.1, -0.05) is 20.8 Å². The minimum Gasteiger partial charge on any atom is -0.332 e. The fourth-order valence-corrected chi connectivity index (χ4v) is 2.08. The van der Waals surface area contributed by atoms with Crippen LogP contribution in [0.2, 0.25) is 0 Å². The maximum atomic E-state index is 12.0. The van der Waals surface area contributed by atoms with Crippen molar-refractivity contribution in [2.75, 3.05) is 6.54 Å². The lowest BCUT2D eigenvalue weighted by Crippen LogP contribution is -2.40. The molecule has 104 valence electrons. The normalized spacial score (nSPS) is 20.0. The molecule has 1 rings (SSSR count). The quantitative estimate of drug-likeness (QED) is 0.780. The predicted molar refractivity (Wildman–Crippen MR) is 66.2 cm³/mol. The van der Waals surface area contributed by atoms with Crippen molar-refractivity contribution in [3.63, 3.8) is 0 Å². The summed E-state index contributed by atoms with van der Waals surface area (Å²) in [6.45, 7) is 7.44. The van der Waals surface area contributed by atoms with Crippen molar-refractivity contribution in [3.8, 4) is 0 Å². The van der Waals surface area contributed by atoms with Crippen LogP contribution in [0.3, 0.4) is 0 Å². The van der Waals surface area contributed by atoms with Gasteiger partial charge in [-0.25, -0.2) is 0 Å². The number of halogens is 2. The molecule has 1 saturated heterocycles. The molecule has 0 bridgehead atoms. The second-order valence-corrected chi connectivity index (χ2v) is 4.00. The summed E-state index contributed by atoms with van der Waals surface area (Å²) in [7, 11) is 0. The minimum atomic E-state index is -1.77. The number of carbonyl (C=O) groups is 2. The van der Waals surface area contributed by atoms with Gasteiger partial charge in [0.15, 0.2) is 5.78 Å². The molecule has 0 saturated carbocycles. The molecular weight excluding hydrogens is 240 g/mol. The molecule has 1 aliphatic rings. The van der Waals surface area contributed by atoms with Crippen LogP contribution in [-0.4, -0.2) is 29.2 Å². The largest absolute Gasteiger partial charge is 0.332 e. The third kappa shape index (κ3) is 4.55. The van der Waals surface area contributed by atoms with E-state index in [-0.39, 0.29) is 24.7 Å². The molecule has 1 heterocycles. The minimum absolute atomic E-state index is 0.0706. The number of rotatable bonds is 4. The summed E-state index contributed by atoms with van der Waals surface area (Å²) < 4.78 is 24.1. The molecule has 1 fully saturated rings. The van der Waals surface area contributed by atoms with Crippen LogP contribution in [0, 0.1) is 5.92 Å². The summed E-state index contributed by atoms with van der Waals surface area (Å²) >= 11 is 0. The fourth-order valence-electron chi connectivity index (χ4n) is 2.08. The van der Waals surface area contributed by atoms with E-state index in [4.69, 9.17) is 0 Å². The van der Waals surface area contributed by atoms with Crippen molar-refractivity contribution < 1.29 is 18.4 Å². The molecule has 3 nitrogen and oxygen atoms in total. The van der Waals surface area contributed by atoms with Gasteiger partial charge in [-0.05, 0) is 19.4 Å². The number of ketones is 1. The maximum Gasteiger partial charge on any atom is 0.266 e. The molecule has 5 heteroatoms. The zero-order valence-electron chi connectivity index (χ0n) is 11.4. The first-order valence-electron chi connectivity index (χ1n) is 6.28. The molecule has 0 aromatic carbocycles. The van der Waals surface area contributed by atoms with Crippen molar-refractivity contribution in [3.05, 3.63) is 12.2 Å². The molecule has 0 aromatic rings. The van der Waals surface area contributed by atoms with Crippen molar-refractivity contribution in [1.29, 1.82) is 0 Å². The van der Waals surface area contributed by atoms with Crippen LogP contribution >= 0.6 is 0 Å². The maximum absolute atomic E-state index is 12.0. The summed E-state index contributed by atoms with van der Waals surface area (Å²) in [4.78, 5) is 24.3. The lowest BCUT2D eigenvalue weighted by Gasteiger charge is -2.24. The van der Waals surface area contributed by atoms with Crippen molar-refractivity contribution in [2.24, 2.45) is 5.92 Å². The van der Waals surface area contributed by atoms with E-state index in [0.29, 0.717) is 6.42 Å². The Kier molecular flexibility index (Phi) is 7.39. The molecule has 1 unspecified atom stereocenters. The second-order valence-electron chi connectivity index (χ2n) is 4.00. The van der Waals surface area contributed by atoms with Gasteiger partial charge in [0.25, 0.3) is 6.08 Å². The van der Waals surface area contributed by atoms with E-state index in [1.165, 1.54) is 11.8 Å². The molecule has 1 amide bonds. The fraction of sp³-hybridized carbons (Fsp3) is 0.692. The highest BCUT2D eigenvalue weighted by atomic mass is 19.3. The highest BCUT2D eigenvalue weighted by Gasteiger charge is 2.34. The average Bonchev–Trinajstić information content (AvgIpc) is 2.62. The average molecular weight is 261 g/mol. The molecule has 2 atom stereocenters. The Morgan fingerprint density at radius 3 is 2.44 bits per heavy atom. The van der Waals surface area contributed by atoms with E-state index in [2.05, 4.69) is 0 Å². The van der Waals surface area contributed by atoms with E-state index in [9.17, 15) is 18.4 Å². The van der Waals surface area contributed by atoms with Gasteiger partial charge in [-0.2, -0.15) is 8.78 Å². The van der Waals surface area contributed by atoms with Gasteiger partial charge in [0.2, 0.25) is 5.91 Å². The number of likely N-dealkylation sites (tertiary alicyclic amines) is 1. The van der Waals surface area contributed by atoms with Crippen LogP contribution in [0.5, 0.6) is 0 Å². The Morgan fingerprint density at radius 1 is 1.50 bits per heavy atom. The van der Waals surface area contributed by atoms with Gasteiger partial charge < -0.3 is 4.90 Å². The van der Waals surface area contributed by atoms with Crippen LogP contribution in [0.25, 0.3) is 0 Å². The van der Waals surface area contributed by atoms with E-state index in [1.807, 2.05) is 13.8 Å². The van der Waals surface area contributed by atoms with Crippen LogP contribution < -0.4 is 0 Å². The molecule has 18 heavy (non-hydrogen) atoms. The Balaban J connectivity index is 0.00000137. The number of amides is 1. The van der Waals surface area contributed by atoms with Gasteiger partial charge >= 0.3 is 0 Å². The Morgan fingerprint density at radius 2 is 2.06 bits per heavy atom. The van der Waals surface area contributed by atoms with Crippen molar-refractivity contribution >= 4 is 11.7 Å². The molecule has 0 aromatic heterocycles. The van der Waals surface area contributed by atoms with Gasteiger partial charge in [-0.3, -0.25) is 9.59 Å². The van der Waals surface area contributed by atoms with E-state index >= 15 is 0 Å². The van der Waals surface area contributed by atoms with Crippen LogP contribution in [0.4, 0.5) is 8.78 Å². The molecule has 0 radical (unpaired) electrons. The summed E-state index contributed by atoms with van der Waals surface area (Å²) in [6.07, 6.45) is -0.378. The molecule has 0 spiro atoms. The van der Waals surface area contributed by atoms with E-state index < -0.39 is 18.0 Å².